The third-order valence-corrected chi connectivity index (χ3v) is 4.53. The summed E-state index contributed by atoms with van der Waals surface area (Å²) in [4.78, 5) is 14.2. The van der Waals surface area contributed by atoms with Gasteiger partial charge in [0.25, 0.3) is 0 Å². The Kier molecular flexibility index (Phi) is 5.86. The third kappa shape index (κ3) is 4.73. The molecule has 27 heavy (non-hydrogen) atoms. The number of aromatic nitrogens is 1. The molecule has 2 heterocycles. The first-order chi connectivity index (χ1) is 13.0. The Bertz CT molecular complexity index is 919. The number of hydrogen-bond acceptors (Lipinski definition) is 4. The lowest BCUT2D eigenvalue weighted by Gasteiger charge is -2.17. The Morgan fingerprint density at radius 3 is 2.70 bits per heavy atom. The number of ether oxygens (including phenoxy) is 2. The van der Waals surface area contributed by atoms with Crippen molar-refractivity contribution in [2.75, 3.05) is 13.2 Å². The molecule has 0 radical (unpaired) electrons. The highest BCUT2D eigenvalue weighted by Gasteiger charge is 2.11. The minimum absolute atomic E-state index is 0.0614. The second-order valence-corrected chi connectivity index (χ2v) is 6.53. The molecule has 4 rings (SSSR count). The van der Waals surface area contributed by atoms with Crippen LogP contribution in [-0.2, 0) is 11.2 Å². The molecule has 0 aliphatic carbocycles. The van der Waals surface area contributed by atoms with Crippen LogP contribution < -0.4 is 15.2 Å². The summed E-state index contributed by atoms with van der Waals surface area (Å²) in [5.41, 5.74) is 7.64. The maximum Gasteiger partial charge on any atom is 0.220 e. The van der Waals surface area contributed by atoms with Crippen molar-refractivity contribution < 1.29 is 19.4 Å². The van der Waals surface area contributed by atoms with Crippen molar-refractivity contribution in [2.24, 2.45) is 11.7 Å². The molecule has 142 valence electrons. The molecule has 6 heteroatoms. The number of primary amides is 1. The topological polar surface area (TPSA) is 97.6 Å². The molecule has 4 N–H and O–H groups in total. The van der Waals surface area contributed by atoms with Gasteiger partial charge in [0.2, 0.25) is 5.91 Å². The average Bonchev–Trinajstić information content (AvgIpc) is 3.09. The van der Waals surface area contributed by atoms with E-state index in [1.54, 1.807) is 18.2 Å². The van der Waals surface area contributed by atoms with Crippen LogP contribution in [0.2, 0.25) is 0 Å². The second-order valence-electron chi connectivity index (χ2n) is 6.53. The number of amides is 1. The van der Waals surface area contributed by atoms with Crippen LogP contribution in [0.1, 0.15) is 18.9 Å². The summed E-state index contributed by atoms with van der Waals surface area (Å²) in [7, 11) is 0. The molecular weight excluding hydrogens is 344 g/mol. The highest BCUT2D eigenvalue weighted by Crippen LogP contribution is 2.32. The van der Waals surface area contributed by atoms with Crippen LogP contribution >= 0.6 is 0 Å². The highest BCUT2D eigenvalue weighted by atomic mass is 16.6. The molecule has 1 aliphatic rings. The Labute approximate surface area is 157 Å². The third-order valence-electron chi connectivity index (χ3n) is 4.53. The first kappa shape index (κ1) is 18.6. The second kappa shape index (κ2) is 8.49. The van der Waals surface area contributed by atoms with E-state index in [9.17, 15) is 4.79 Å². The van der Waals surface area contributed by atoms with Crippen molar-refractivity contribution in [1.29, 1.82) is 0 Å². The maximum atomic E-state index is 10.9. The number of aromatic amines is 1. The van der Waals surface area contributed by atoms with Crippen LogP contribution in [0.4, 0.5) is 0 Å². The van der Waals surface area contributed by atoms with Gasteiger partial charge in [-0.15, -0.1) is 0 Å². The van der Waals surface area contributed by atoms with Gasteiger partial charge in [-0.2, -0.15) is 0 Å². The van der Waals surface area contributed by atoms with Crippen LogP contribution in [0, 0.1) is 5.92 Å². The molecule has 0 spiro atoms. The molecular formula is C21H24N2O4. The summed E-state index contributed by atoms with van der Waals surface area (Å²) < 4.78 is 10.5. The zero-order valence-electron chi connectivity index (χ0n) is 15.3. The number of aryl methyl sites for hydroxylation is 1. The number of carbonyl (C=O) groups is 1. The van der Waals surface area contributed by atoms with Crippen molar-refractivity contribution >= 4 is 16.8 Å². The fraction of sp³-hybridized carbons (Fsp3) is 0.286. The Morgan fingerprint density at radius 1 is 1.19 bits per heavy atom. The number of H-pyrrole nitrogens is 1. The standard InChI is InChI=1S/C13H16N2O.C8H8O3/c1-9(13(14)16)6-7-10-8-15-12-5-3-2-4-11(10)12;9-6-1-2-7-8(5-6)11-4-3-10-7/h2-5,8-9,15H,6-7H2,1H3,(H2,14,16);1-2,5,9H,3-4H2. The molecule has 0 saturated carbocycles. The van der Waals surface area contributed by atoms with Gasteiger partial charge in [0, 0.05) is 29.1 Å². The molecule has 2 aromatic carbocycles. The lowest BCUT2D eigenvalue weighted by molar-refractivity contribution is -0.121. The number of nitrogens with two attached hydrogens (primary N) is 1. The van der Waals surface area contributed by atoms with Crippen LogP contribution in [0.3, 0.4) is 0 Å². The first-order valence-electron chi connectivity index (χ1n) is 8.97. The number of nitrogens with one attached hydrogen (secondary N) is 1. The van der Waals surface area contributed by atoms with E-state index in [1.165, 1.54) is 10.9 Å². The van der Waals surface area contributed by atoms with Crippen molar-refractivity contribution in [2.45, 2.75) is 19.8 Å². The van der Waals surface area contributed by atoms with Gasteiger partial charge >= 0.3 is 0 Å². The number of fused-ring (bicyclic) bond motifs is 2. The zero-order chi connectivity index (χ0) is 19.2. The molecule has 1 atom stereocenters. The normalized spacial score (nSPS) is 13.5. The van der Waals surface area contributed by atoms with Gasteiger partial charge in [-0.1, -0.05) is 25.1 Å². The van der Waals surface area contributed by atoms with Crippen molar-refractivity contribution in [3.63, 3.8) is 0 Å². The number of carbonyl (C=O) groups excluding carboxylic acids is 1. The van der Waals surface area contributed by atoms with Crippen LogP contribution in [-0.4, -0.2) is 29.2 Å². The van der Waals surface area contributed by atoms with E-state index in [0.29, 0.717) is 24.7 Å². The predicted molar refractivity (Wildman–Crippen MR) is 104 cm³/mol. The van der Waals surface area contributed by atoms with E-state index in [2.05, 4.69) is 17.1 Å². The molecule has 0 saturated heterocycles. The van der Waals surface area contributed by atoms with Crippen molar-refractivity contribution in [1.82, 2.24) is 4.98 Å². The van der Waals surface area contributed by atoms with Gasteiger partial charge in [0.15, 0.2) is 11.5 Å². The predicted octanol–water partition coefficient (Wildman–Crippen LogP) is 3.39. The molecule has 6 nitrogen and oxygen atoms in total. The quantitative estimate of drug-likeness (QED) is 0.657. The van der Waals surface area contributed by atoms with Crippen LogP contribution in [0.25, 0.3) is 10.9 Å². The smallest absolute Gasteiger partial charge is 0.220 e. The molecule has 1 amide bonds. The number of hydrogen-bond donors (Lipinski definition) is 3. The fourth-order valence-corrected chi connectivity index (χ4v) is 2.88. The highest BCUT2D eigenvalue weighted by molar-refractivity contribution is 5.83. The molecule has 1 aliphatic heterocycles. The molecule has 1 unspecified atom stereocenters. The summed E-state index contributed by atoms with van der Waals surface area (Å²) in [6.07, 6.45) is 3.70. The number of phenolic OH excluding ortho intramolecular Hbond substituents is 1. The van der Waals surface area contributed by atoms with Gasteiger partial charge in [-0.05, 0) is 36.6 Å². The summed E-state index contributed by atoms with van der Waals surface area (Å²) >= 11 is 0. The summed E-state index contributed by atoms with van der Waals surface area (Å²) in [5.74, 6) is 1.24. The van der Waals surface area contributed by atoms with Gasteiger partial charge in [0.1, 0.15) is 19.0 Å². The molecule has 3 aromatic rings. The Hall–Kier alpha value is -3.15. The summed E-state index contributed by atoms with van der Waals surface area (Å²) in [6.45, 7) is 3.01. The molecule has 0 fully saturated rings. The lowest BCUT2D eigenvalue weighted by Crippen LogP contribution is -2.20. The zero-order valence-corrected chi connectivity index (χ0v) is 15.3. The largest absolute Gasteiger partial charge is 0.508 e. The number of rotatable bonds is 4. The number of para-hydroxylation sites is 1. The first-order valence-corrected chi connectivity index (χ1v) is 8.97. The molecule has 1 aromatic heterocycles. The van der Waals surface area contributed by atoms with E-state index < -0.39 is 0 Å². The van der Waals surface area contributed by atoms with E-state index in [-0.39, 0.29) is 17.6 Å². The Morgan fingerprint density at radius 2 is 1.93 bits per heavy atom. The van der Waals surface area contributed by atoms with Crippen LogP contribution in [0.15, 0.2) is 48.7 Å². The fourth-order valence-electron chi connectivity index (χ4n) is 2.88. The monoisotopic (exact) mass is 368 g/mol. The van der Waals surface area contributed by atoms with Crippen molar-refractivity contribution in [3.8, 4) is 17.2 Å². The number of benzene rings is 2. The average molecular weight is 368 g/mol. The van der Waals surface area contributed by atoms with E-state index in [0.717, 1.165) is 18.4 Å². The van der Waals surface area contributed by atoms with Gasteiger partial charge < -0.3 is 25.3 Å². The van der Waals surface area contributed by atoms with Crippen molar-refractivity contribution in [3.05, 3.63) is 54.2 Å². The van der Waals surface area contributed by atoms with E-state index in [1.807, 2.05) is 25.3 Å². The van der Waals surface area contributed by atoms with Crippen LogP contribution in [0.5, 0.6) is 17.2 Å². The Balaban J connectivity index is 0.000000166. The lowest BCUT2D eigenvalue weighted by atomic mass is 10.0. The molecule has 0 bridgehead atoms. The summed E-state index contributed by atoms with van der Waals surface area (Å²) in [6, 6.07) is 13.0. The minimum atomic E-state index is -0.222. The maximum absolute atomic E-state index is 10.9. The van der Waals surface area contributed by atoms with Gasteiger partial charge in [0.05, 0.1) is 0 Å². The van der Waals surface area contributed by atoms with E-state index in [4.69, 9.17) is 20.3 Å². The number of aromatic hydroxyl groups is 1. The SMILES string of the molecule is CC(CCc1c[nH]c2ccccc12)C(N)=O.Oc1ccc2c(c1)OCCO2. The number of phenols is 1. The van der Waals surface area contributed by atoms with E-state index >= 15 is 0 Å². The minimum Gasteiger partial charge on any atom is -0.508 e. The van der Waals surface area contributed by atoms with Gasteiger partial charge in [-0.3, -0.25) is 4.79 Å². The summed E-state index contributed by atoms with van der Waals surface area (Å²) in [5, 5.41) is 10.3. The van der Waals surface area contributed by atoms with Gasteiger partial charge in [-0.25, -0.2) is 0 Å².